The van der Waals surface area contributed by atoms with Gasteiger partial charge < -0.3 is 14.5 Å². The fourth-order valence-corrected chi connectivity index (χ4v) is 3.53. The molecule has 0 saturated heterocycles. The molecule has 1 amide bonds. The molecule has 0 atom stereocenters. The molecule has 4 N–H and O–H groups in total. The Balaban J connectivity index is 1.74. The van der Waals surface area contributed by atoms with E-state index in [1.54, 1.807) is 6.07 Å². The molecule has 0 bridgehead atoms. The Labute approximate surface area is 182 Å². The first-order chi connectivity index (χ1) is 14.4. The van der Waals surface area contributed by atoms with E-state index < -0.39 is 39.5 Å². The van der Waals surface area contributed by atoms with Crippen molar-refractivity contribution in [2.45, 2.75) is 11.1 Å². The minimum absolute atomic E-state index is 0.108. The van der Waals surface area contributed by atoms with Crippen LogP contribution in [0.3, 0.4) is 0 Å². The highest BCUT2D eigenvalue weighted by Crippen LogP contribution is 2.36. The second kappa shape index (κ2) is 8.42. The van der Waals surface area contributed by atoms with E-state index in [2.05, 4.69) is 15.3 Å². The summed E-state index contributed by atoms with van der Waals surface area (Å²) in [6.07, 6.45) is -6.06. The first-order valence-corrected chi connectivity index (χ1v) is 10.3. The fraction of sp³-hybridized carbons (Fsp3) is 0.125. The standard InChI is InChI=1S/C16H11Cl2F3N4O5S/c17-8-2-1-3-11(13(8)18)29-6-30-15(26)25-14-23-9-4-7(16(19,20)21)12(31(22,27)28)5-10(9)24-14/h1-5H,6H2,(H2,22,27,28)(H2,23,24,25,26). The molecule has 31 heavy (non-hydrogen) atoms. The van der Waals surface area contributed by atoms with Gasteiger partial charge in [0.15, 0.2) is 0 Å². The van der Waals surface area contributed by atoms with E-state index >= 15 is 0 Å². The summed E-state index contributed by atoms with van der Waals surface area (Å²) in [7, 11) is -4.69. The van der Waals surface area contributed by atoms with Gasteiger partial charge in [-0.3, -0.25) is 5.32 Å². The number of alkyl halides is 3. The number of imidazole rings is 1. The number of primary sulfonamides is 1. The van der Waals surface area contributed by atoms with Gasteiger partial charge in [0.05, 0.1) is 26.5 Å². The molecule has 0 radical (unpaired) electrons. The summed E-state index contributed by atoms with van der Waals surface area (Å²) >= 11 is 11.7. The van der Waals surface area contributed by atoms with Crippen LogP contribution in [-0.4, -0.2) is 31.3 Å². The van der Waals surface area contributed by atoms with Crippen molar-refractivity contribution in [3.05, 3.63) is 45.9 Å². The molecule has 0 aliphatic rings. The third-order valence-corrected chi connectivity index (χ3v) is 5.49. The molecular weight excluding hydrogens is 488 g/mol. The quantitative estimate of drug-likeness (QED) is 0.452. The Kier molecular flexibility index (Phi) is 6.23. The molecule has 9 nitrogen and oxygen atoms in total. The van der Waals surface area contributed by atoms with Crippen LogP contribution >= 0.6 is 23.2 Å². The molecule has 0 spiro atoms. The van der Waals surface area contributed by atoms with Crippen LogP contribution in [0.1, 0.15) is 5.56 Å². The smallest absolute Gasteiger partial charge is 0.417 e. The predicted molar refractivity (Wildman–Crippen MR) is 105 cm³/mol. The number of nitrogens with one attached hydrogen (secondary N) is 2. The Hall–Kier alpha value is -2.74. The van der Waals surface area contributed by atoms with Crippen molar-refractivity contribution in [2.75, 3.05) is 12.1 Å². The molecule has 1 heterocycles. The topological polar surface area (TPSA) is 136 Å². The third kappa shape index (κ3) is 5.31. The van der Waals surface area contributed by atoms with Gasteiger partial charge in [0.2, 0.25) is 22.8 Å². The van der Waals surface area contributed by atoms with Gasteiger partial charge in [-0.05, 0) is 24.3 Å². The summed E-state index contributed by atoms with van der Waals surface area (Å²) in [6, 6.07) is 5.73. The summed E-state index contributed by atoms with van der Waals surface area (Å²) in [5, 5.41) is 7.33. The Bertz CT molecular complexity index is 1260. The van der Waals surface area contributed by atoms with Crippen LogP contribution in [-0.2, 0) is 20.9 Å². The lowest BCUT2D eigenvalue weighted by Gasteiger charge is -2.11. The molecule has 0 fully saturated rings. The number of ether oxygens (including phenoxy) is 2. The molecule has 15 heteroatoms. The predicted octanol–water partition coefficient (Wildman–Crippen LogP) is 4.12. The number of H-pyrrole nitrogens is 1. The maximum absolute atomic E-state index is 13.2. The van der Waals surface area contributed by atoms with Gasteiger partial charge in [-0.2, -0.15) is 13.2 Å². The number of aromatic nitrogens is 2. The van der Waals surface area contributed by atoms with Crippen LogP contribution in [0.15, 0.2) is 35.2 Å². The molecule has 3 rings (SSSR count). The summed E-state index contributed by atoms with van der Waals surface area (Å²) in [6.45, 7) is -0.570. The van der Waals surface area contributed by atoms with Crippen LogP contribution in [0.2, 0.25) is 10.0 Å². The van der Waals surface area contributed by atoms with Crippen LogP contribution < -0.4 is 15.2 Å². The van der Waals surface area contributed by atoms with Gasteiger partial charge >= 0.3 is 12.3 Å². The lowest BCUT2D eigenvalue weighted by atomic mass is 10.2. The number of nitrogens with two attached hydrogens (primary N) is 1. The number of aromatic amines is 1. The van der Waals surface area contributed by atoms with Crippen molar-refractivity contribution in [3.63, 3.8) is 0 Å². The van der Waals surface area contributed by atoms with Gasteiger partial charge in [-0.25, -0.2) is 23.3 Å². The zero-order chi connectivity index (χ0) is 23.0. The Morgan fingerprint density at radius 2 is 1.97 bits per heavy atom. The molecule has 2 aromatic carbocycles. The van der Waals surface area contributed by atoms with E-state index in [1.165, 1.54) is 12.1 Å². The number of hydrogen-bond donors (Lipinski definition) is 3. The fourth-order valence-electron chi connectivity index (χ4n) is 2.43. The molecule has 166 valence electrons. The summed E-state index contributed by atoms with van der Waals surface area (Å²) in [5.41, 5.74) is -1.86. The number of benzene rings is 2. The van der Waals surface area contributed by atoms with Gasteiger partial charge in [0.25, 0.3) is 0 Å². The number of amides is 1. The normalized spacial score (nSPS) is 12.1. The lowest BCUT2D eigenvalue weighted by molar-refractivity contribution is -0.139. The van der Waals surface area contributed by atoms with E-state index in [4.69, 9.17) is 37.8 Å². The number of rotatable bonds is 5. The molecule has 0 unspecified atom stereocenters. The van der Waals surface area contributed by atoms with E-state index in [-0.39, 0.29) is 32.8 Å². The number of hydrogen-bond acceptors (Lipinski definition) is 6. The van der Waals surface area contributed by atoms with Crippen molar-refractivity contribution in [1.29, 1.82) is 0 Å². The van der Waals surface area contributed by atoms with Crippen molar-refractivity contribution < 1.29 is 35.9 Å². The van der Waals surface area contributed by atoms with Gasteiger partial charge in [0, 0.05) is 0 Å². The molecular formula is C16H11Cl2F3N4O5S. The van der Waals surface area contributed by atoms with E-state index in [9.17, 15) is 26.4 Å². The van der Waals surface area contributed by atoms with E-state index in [1.807, 2.05) is 0 Å². The van der Waals surface area contributed by atoms with Crippen LogP contribution in [0, 0.1) is 0 Å². The van der Waals surface area contributed by atoms with Crippen molar-refractivity contribution in [1.82, 2.24) is 9.97 Å². The Morgan fingerprint density at radius 3 is 2.61 bits per heavy atom. The molecule has 1 aromatic heterocycles. The molecule has 0 saturated carbocycles. The van der Waals surface area contributed by atoms with Gasteiger partial charge in [-0.15, -0.1) is 0 Å². The first-order valence-electron chi connectivity index (χ1n) is 8.00. The van der Waals surface area contributed by atoms with Crippen molar-refractivity contribution in [2.24, 2.45) is 5.14 Å². The van der Waals surface area contributed by atoms with Crippen LogP contribution in [0.4, 0.5) is 23.9 Å². The van der Waals surface area contributed by atoms with Crippen LogP contribution in [0.5, 0.6) is 5.75 Å². The maximum Gasteiger partial charge on any atom is 0.417 e. The number of carbonyl (C=O) groups excluding carboxylic acids is 1. The zero-order valence-electron chi connectivity index (χ0n) is 15.0. The largest absolute Gasteiger partial charge is 0.456 e. The number of carbonyl (C=O) groups is 1. The zero-order valence-corrected chi connectivity index (χ0v) is 17.3. The highest BCUT2D eigenvalue weighted by molar-refractivity contribution is 7.89. The lowest BCUT2D eigenvalue weighted by Crippen LogP contribution is -2.19. The number of anilines is 1. The van der Waals surface area contributed by atoms with Crippen LogP contribution in [0.25, 0.3) is 11.0 Å². The number of halogens is 5. The summed E-state index contributed by atoms with van der Waals surface area (Å²) in [4.78, 5) is 16.9. The van der Waals surface area contributed by atoms with Crippen molar-refractivity contribution >= 4 is 56.3 Å². The third-order valence-electron chi connectivity index (χ3n) is 3.74. The molecule has 3 aromatic rings. The monoisotopic (exact) mass is 498 g/mol. The minimum Gasteiger partial charge on any atom is -0.456 e. The highest BCUT2D eigenvalue weighted by atomic mass is 35.5. The van der Waals surface area contributed by atoms with Gasteiger partial charge in [-0.1, -0.05) is 29.3 Å². The highest BCUT2D eigenvalue weighted by Gasteiger charge is 2.37. The SMILES string of the molecule is NS(=O)(=O)c1cc2nc(NC(=O)OCOc3cccc(Cl)c3Cl)[nH]c2cc1C(F)(F)F. The maximum atomic E-state index is 13.2. The molecule has 0 aliphatic carbocycles. The van der Waals surface area contributed by atoms with E-state index in [0.717, 1.165) is 0 Å². The number of nitrogens with zero attached hydrogens (tertiary/aromatic N) is 1. The second-order valence-electron chi connectivity index (χ2n) is 5.86. The second-order valence-corrected chi connectivity index (χ2v) is 8.18. The average molecular weight is 499 g/mol. The summed E-state index contributed by atoms with van der Waals surface area (Å²) < 4.78 is 72.5. The minimum atomic E-state index is -4.99. The molecule has 0 aliphatic heterocycles. The van der Waals surface area contributed by atoms with Crippen molar-refractivity contribution in [3.8, 4) is 5.75 Å². The van der Waals surface area contributed by atoms with Gasteiger partial charge in [0.1, 0.15) is 10.8 Å². The Morgan fingerprint density at radius 1 is 1.26 bits per heavy atom. The van der Waals surface area contributed by atoms with E-state index in [0.29, 0.717) is 12.1 Å². The first kappa shape index (κ1) is 22.9. The average Bonchev–Trinajstić information content (AvgIpc) is 3.04. The number of sulfonamides is 1. The summed E-state index contributed by atoms with van der Waals surface area (Å²) in [5.74, 6) is -0.151. The number of fused-ring (bicyclic) bond motifs is 1.